The molecule has 6 nitrogen and oxygen atoms in total. The first kappa shape index (κ1) is 21.6. The number of nitrogens with one attached hydrogen (secondary N) is 1. The molecule has 1 aromatic carbocycles. The van der Waals surface area contributed by atoms with Gasteiger partial charge in [-0.2, -0.15) is 13.2 Å². The van der Waals surface area contributed by atoms with E-state index in [1.54, 1.807) is 24.6 Å². The first-order chi connectivity index (χ1) is 12.2. The molecule has 0 atom stereocenters. The van der Waals surface area contributed by atoms with E-state index in [1.165, 1.54) is 5.01 Å². The summed E-state index contributed by atoms with van der Waals surface area (Å²) in [4.78, 5) is 12.0. The number of amides is 1. The number of rotatable bonds is 5. The van der Waals surface area contributed by atoms with Gasteiger partial charge in [0.05, 0.1) is 11.9 Å². The lowest BCUT2D eigenvalue weighted by Gasteiger charge is -2.17. The number of hydrogen-bond acceptors (Lipinski definition) is 6. The van der Waals surface area contributed by atoms with Crippen molar-refractivity contribution in [3.63, 3.8) is 0 Å². The van der Waals surface area contributed by atoms with E-state index < -0.39 is 11.1 Å². The molecule has 142 valence electrons. The van der Waals surface area contributed by atoms with Crippen LogP contribution in [0.15, 0.2) is 24.4 Å². The maximum Gasteiger partial charge on any atom is 0.427 e. The quantitative estimate of drug-likeness (QED) is 0.317. The van der Waals surface area contributed by atoms with Crippen molar-refractivity contribution in [2.24, 2.45) is 11.7 Å². The zero-order valence-electron chi connectivity index (χ0n) is 14.2. The number of nitrogens with zero attached hydrogens (tertiary/aromatic N) is 2. The fourth-order valence-electron chi connectivity index (χ4n) is 2.06. The van der Waals surface area contributed by atoms with Crippen molar-refractivity contribution in [3.8, 4) is 0 Å². The highest BCUT2D eigenvalue weighted by Crippen LogP contribution is 2.34. The summed E-state index contributed by atoms with van der Waals surface area (Å²) in [7, 11) is 1.72. The summed E-state index contributed by atoms with van der Waals surface area (Å²) in [5.74, 6) is 10.2. The van der Waals surface area contributed by atoms with E-state index in [0.29, 0.717) is 22.8 Å². The molecule has 2 aromatic rings. The van der Waals surface area contributed by atoms with Crippen LogP contribution in [0.3, 0.4) is 0 Å². The highest BCUT2D eigenvalue weighted by atomic mass is 32.1. The molecule has 0 unspecified atom stereocenters. The van der Waals surface area contributed by atoms with Crippen molar-refractivity contribution in [3.05, 3.63) is 45.4 Å². The summed E-state index contributed by atoms with van der Waals surface area (Å²) < 4.78 is 37.7. The van der Waals surface area contributed by atoms with Crippen molar-refractivity contribution in [2.45, 2.75) is 19.5 Å². The Morgan fingerprint density at radius 3 is 2.46 bits per heavy atom. The first-order valence-corrected chi connectivity index (χ1v) is 8.27. The maximum absolute atomic E-state index is 12.6. The van der Waals surface area contributed by atoms with Crippen LogP contribution >= 0.6 is 11.3 Å². The molecule has 1 amide bonds. The number of thiazole rings is 1. The number of aromatic nitrogens is 1. The fraction of sp³-hybridized carbons (Fsp3) is 0.250. The maximum atomic E-state index is 12.6. The molecule has 0 aliphatic carbocycles. The highest BCUT2D eigenvalue weighted by Gasteiger charge is 2.32. The largest absolute Gasteiger partial charge is 0.427 e. The predicted octanol–water partition coefficient (Wildman–Crippen LogP) is 2.81. The van der Waals surface area contributed by atoms with E-state index in [2.05, 4.69) is 10.8 Å². The van der Waals surface area contributed by atoms with Crippen LogP contribution in [0.1, 0.15) is 27.9 Å². The number of halogens is 3. The number of nitrogens with two attached hydrogens (primary N) is 2. The number of carbonyl (C=O) groups is 1. The second-order valence-corrected chi connectivity index (χ2v) is 6.05. The van der Waals surface area contributed by atoms with Gasteiger partial charge < -0.3 is 5.01 Å². The van der Waals surface area contributed by atoms with E-state index in [-0.39, 0.29) is 0 Å². The molecule has 0 radical (unpaired) electrons. The first-order valence-electron chi connectivity index (χ1n) is 7.45. The van der Waals surface area contributed by atoms with E-state index in [4.69, 9.17) is 10.6 Å². The number of hydrogen-bond donors (Lipinski definition) is 3. The lowest BCUT2D eigenvalue weighted by molar-refractivity contribution is -0.134. The number of benzene rings is 1. The van der Waals surface area contributed by atoms with Crippen LogP contribution in [0, 0.1) is 0 Å². The van der Waals surface area contributed by atoms with Crippen molar-refractivity contribution < 1.29 is 18.0 Å². The number of hydrazine groups is 2. The monoisotopic (exact) mass is 387 g/mol. The van der Waals surface area contributed by atoms with E-state index in [9.17, 15) is 13.2 Å². The summed E-state index contributed by atoms with van der Waals surface area (Å²) in [5, 5.41) is 1.80. The number of carbonyl (C=O) groups excluding carboxylic acids is 1. The van der Waals surface area contributed by atoms with E-state index in [0.717, 1.165) is 29.4 Å². The summed E-state index contributed by atoms with van der Waals surface area (Å²) in [6.07, 6.45) is 1.05. The lowest BCUT2D eigenvalue weighted by Crippen LogP contribution is -2.26. The molecule has 2 rings (SSSR count). The van der Waals surface area contributed by atoms with Gasteiger partial charge in [-0.3, -0.25) is 10.2 Å². The van der Waals surface area contributed by atoms with E-state index >= 15 is 0 Å². The van der Waals surface area contributed by atoms with Crippen molar-refractivity contribution in [1.29, 1.82) is 0 Å². The topological polar surface area (TPSA) is 97.3 Å². The van der Waals surface area contributed by atoms with E-state index in [1.807, 2.05) is 25.1 Å². The Bertz CT molecular complexity index is 744. The summed E-state index contributed by atoms with van der Waals surface area (Å²) in [5.41, 5.74) is 4.51. The second kappa shape index (κ2) is 9.90. The van der Waals surface area contributed by atoms with Gasteiger partial charge in [-0.15, -0.1) is 11.3 Å². The molecule has 1 aromatic heterocycles. The molecule has 0 bridgehead atoms. The van der Waals surface area contributed by atoms with Crippen molar-refractivity contribution in [1.82, 2.24) is 10.4 Å². The minimum absolute atomic E-state index is 0.309. The summed E-state index contributed by atoms with van der Waals surface area (Å²) in [6, 6.07) is 5.73. The van der Waals surface area contributed by atoms with Gasteiger partial charge in [0, 0.05) is 12.6 Å². The highest BCUT2D eigenvalue weighted by molar-refractivity contribution is 7.12. The molecule has 0 saturated heterocycles. The average Bonchev–Trinajstić information content (AvgIpc) is 3.09. The number of aryl methyl sites for hydroxylation is 1. The third-order valence-electron chi connectivity index (χ3n) is 3.20. The second-order valence-electron chi connectivity index (χ2n) is 4.99. The van der Waals surface area contributed by atoms with Crippen LogP contribution < -0.4 is 22.1 Å². The smallest absolute Gasteiger partial charge is 0.314 e. The summed E-state index contributed by atoms with van der Waals surface area (Å²) in [6.45, 7) is 2.01. The molecule has 10 heteroatoms. The Morgan fingerprint density at radius 1 is 1.35 bits per heavy atom. The van der Waals surface area contributed by atoms with Crippen molar-refractivity contribution in [2.75, 3.05) is 12.1 Å². The SMILES string of the molecule is CCc1cccc(N(C)N)c1/C=C/c1ncc(C(F)(F)F)s1.NNC=O. The molecule has 0 aliphatic rings. The lowest BCUT2D eigenvalue weighted by atomic mass is 10.0. The van der Waals surface area contributed by atoms with Crippen LogP contribution in [0.5, 0.6) is 0 Å². The normalized spacial score (nSPS) is 11.0. The molecule has 0 aliphatic heterocycles. The Hall–Kier alpha value is -2.43. The minimum atomic E-state index is -4.35. The Kier molecular flexibility index (Phi) is 8.23. The van der Waals surface area contributed by atoms with Crippen LogP contribution in [0.25, 0.3) is 12.2 Å². The van der Waals surface area contributed by atoms with Crippen LogP contribution in [0.4, 0.5) is 18.9 Å². The zero-order valence-corrected chi connectivity index (χ0v) is 15.1. The van der Waals surface area contributed by atoms with Crippen LogP contribution in [-0.4, -0.2) is 18.4 Å². The van der Waals surface area contributed by atoms with Crippen LogP contribution in [0.2, 0.25) is 0 Å². The number of alkyl halides is 3. The molecular formula is C16H20F3N5OS. The minimum Gasteiger partial charge on any atom is -0.314 e. The summed E-state index contributed by atoms with van der Waals surface area (Å²) >= 11 is 0.619. The number of anilines is 1. The average molecular weight is 387 g/mol. The van der Waals surface area contributed by atoms with Crippen molar-refractivity contribution >= 4 is 35.6 Å². The Balaban J connectivity index is 0.000000765. The molecule has 26 heavy (non-hydrogen) atoms. The van der Waals surface area contributed by atoms with Crippen LogP contribution in [-0.2, 0) is 17.4 Å². The fourth-order valence-corrected chi connectivity index (χ4v) is 2.75. The van der Waals surface area contributed by atoms with Gasteiger partial charge in [-0.05, 0) is 30.2 Å². The third kappa shape index (κ3) is 6.14. The Morgan fingerprint density at radius 2 is 2.00 bits per heavy atom. The third-order valence-corrected chi connectivity index (χ3v) is 4.21. The van der Waals surface area contributed by atoms with Gasteiger partial charge in [0.15, 0.2) is 0 Å². The molecule has 1 heterocycles. The molecule has 0 fully saturated rings. The molecule has 0 spiro atoms. The predicted molar refractivity (Wildman–Crippen MR) is 97.8 cm³/mol. The van der Waals surface area contributed by atoms with Gasteiger partial charge in [-0.25, -0.2) is 16.7 Å². The van der Waals surface area contributed by atoms with Gasteiger partial charge >= 0.3 is 6.18 Å². The van der Waals surface area contributed by atoms with Gasteiger partial charge in [0.2, 0.25) is 6.41 Å². The van der Waals surface area contributed by atoms with Gasteiger partial charge in [0.1, 0.15) is 9.88 Å². The Labute approximate surface area is 153 Å². The van der Waals surface area contributed by atoms with Gasteiger partial charge in [-0.1, -0.05) is 19.1 Å². The standard InChI is InChI=1S/C15H16F3N3S.CH4N2O/c1-3-10-5-4-6-12(21(2)19)11(10)7-8-14-20-9-13(22-14)15(16,17)18;2-3-1-4/h4-9H,3,19H2,1-2H3;1H,2H2,(H,3,4)/b8-7+;. The molecule has 0 saturated carbocycles. The van der Waals surface area contributed by atoms with Gasteiger partial charge in [0.25, 0.3) is 0 Å². The molecule has 5 N–H and O–H groups in total. The molecular weight excluding hydrogens is 367 g/mol. The zero-order chi connectivity index (χ0) is 19.7.